The van der Waals surface area contributed by atoms with Gasteiger partial charge in [-0.25, -0.2) is 19.9 Å². The minimum Gasteiger partial charge on any atom is -0.351 e. The first-order valence-corrected chi connectivity index (χ1v) is 5.61. The van der Waals surface area contributed by atoms with Gasteiger partial charge in [-0.2, -0.15) is 0 Å². The molecule has 3 rings (SSSR count). The summed E-state index contributed by atoms with van der Waals surface area (Å²) in [6.07, 6.45) is 1.53. The van der Waals surface area contributed by atoms with Crippen LogP contribution in [-0.4, -0.2) is 39.1 Å². The second kappa shape index (κ2) is 3.59. The van der Waals surface area contributed by atoms with Gasteiger partial charge in [0.1, 0.15) is 6.33 Å². The normalized spacial score (nSPS) is 16.3. The lowest BCUT2D eigenvalue weighted by molar-refractivity contribution is 0.515. The third-order valence-electron chi connectivity index (χ3n) is 3.07. The molecule has 6 heteroatoms. The van der Waals surface area contributed by atoms with E-state index in [2.05, 4.69) is 24.8 Å². The molecule has 0 aliphatic carbocycles. The SMILES string of the molecule is Cc1nc2ncnc(N3CC(N)C3)c2nc1C. The van der Waals surface area contributed by atoms with Crippen molar-refractivity contribution in [3.05, 3.63) is 17.7 Å². The maximum Gasteiger partial charge on any atom is 0.183 e. The van der Waals surface area contributed by atoms with Crippen LogP contribution in [0.2, 0.25) is 0 Å². The summed E-state index contributed by atoms with van der Waals surface area (Å²) in [4.78, 5) is 19.5. The molecule has 1 aliphatic rings. The van der Waals surface area contributed by atoms with E-state index < -0.39 is 0 Å². The van der Waals surface area contributed by atoms with Crippen molar-refractivity contribution in [1.82, 2.24) is 19.9 Å². The van der Waals surface area contributed by atoms with E-state index in [9.17, 15) is 0 Å². The Balaban J connectivity index is 2.15. The zero-order valence-electron chi connectivity index (χ0n) is 9.88. The van der Waals surface area contributed by atoms with Gasteiger partial charge >= 0.3 is 0 Å². The summed E-state index contributed by atoms with van der Waals surface area (Å²) in [6, 6.07) is 0.236. The number of aryl methyl sites for hydroxylation is 2. The number of anilines is 1. The van der Waals surface area contributed by atoms with E-state index in [0.29, 0.717) is 5.65 Å². The molecule has 0 atom stereocenters. The molecule has 1 saturated heterocycles. The van der Waals surface area contributed by atoms with Crippen LogP contribution >= 0.6 is 0 Å². The van der Waals surface area contributed by atoms with Gasteiger partial charge in [-0.1, -0.05) is 0 Å². The van der Waals surface area contributed by atoms with Crippen LogP contribution in [0.5, 0.6) is 0 Å². The molecule has 0 saturated carbocycles. The predicted molar refractivity (Wildman–Crippen MR) is 64.8 cm³/mol. The second-order valence-electron chi connectivity index (χ2n) is 4.43. The van der Waals surface area contributed by atoms with E-state index in [1.807, 2.05) is 13.8 Å². The predicted octanol–water partition coefficient (Wildman–Crippen LogP) is 0.184. The summed E-state index contributed by atoms with van der Waals surface area (Å²) in [5, 5.41) is 0. The summed E-state index contributed by atoms with van der Waals surface area (Å²) in [5.74, 6) is 0.840. The Kier molecular flexibility index (Phi) is 2.19. The molecule has 6 nitrogen and oxygen atoms in total. The summed E-state index contributed by atoms with van der Waals surface area (Å²) < 4.78 is 0. The highest BCUT2D eigenvalue weighted by Crippen LogP contribution is 2.24. The molecular weight excluding hydrogens is 216 g/mol. The number of nitrogens with zero attached hydrogens (tertiary/aromatic N) is 5. The van der Waals surface area contributed by atoms with Crippen LogP contribution in [0.4, 0.5) is 5.82 Å². The molecule has 0 spiro atoms. The molecule has 17 heavy (non-hydrogen) atoms. The number of fused-ring (bicyclic) bond motifs is 1. The van der Waals surface area contributed by atoms with Gasteiger partial charge in [0.2, 0.25) is 0 Å². The van der Waals surface area contributed by atoms with Crippen LogP contribution in [0.15, 0.2) is 6.33 Å². The maximum absolute atomic E-state index is 5.78. The van der Waals surface area contributed by atoms with Crippen LogP contribution in [0.1, 0.15) is 11.4 Å². The molecule has 0 amide bonds. The quantitative estimate of drug-likeness (QED) is 0.753. The molecule has 2 aromatic heterocycles. The lowest BCUT2D eigenvalue weighted by Crippen LogP contribution is -2.56. The fourth-order valence-electron chi connectivity index (χ4n) is 1.95. The first-order valence-electron chi connectivity index (χ1n) is 5.61. The van der Waals surface area contributed by atoms with E-state index in [0.717, 1.165) is 35.8 Å². The molecule has 3 heterocycles. The molecule has 1 aliphatic heterocycles. The molecule has 0 bridgehead atoms. The van der Waals surface area contributed by atoms with Gasteiger partial charge in [0.05, 0.1) is 11.4 Å². The number of hydrogen-bond donors (Lipinski definition) is 1. The summed E-state index contributed by atoms with van der Waals surface area (Å²) in [6.45, 7) is 5.52. The van der Waals surface area contributed by atoms with E-state index in [4.69, 9.17) is 5.73 Å². The van der Waals surface area contributed by atoms with E-state index in [1.54, 1.807) is 0 Å². The van der Waals surface area contributed by atoms with Crippen molar-refractivity contribution in [2.24, 2.45) is 5.73 Å². The van der Waals surface area contributed by atoms with Crippen LogP contribution < -0.4 is 10.6 Å². The fourth-order valence-corrected chi connectivity index (χ4v) is 1.95. The number of rotatable bonds is 1. The van der Waals surface area contributed by atoms with Crippen molar-refractivity contribution in [3.8, 4) is 0 Å². The molecule has 1 fully saturated rings. The molecule has 2 N–H and O–H groups in total. The van der Waals surface area contributed by atoms with Gasteiger partial charge < -0.3 is 10.6 Å². The van der Waals surface area contributed by atoms with E-state index in [1.165, 1.54) is 6.33 Å². The van der Waals surface area contributed by atoms with Crippen LogP contribution in [0, 0.1) is 13.8 Å². The molecule has 0 unspecified atom stereocenters. The third kappa shape index (κ3) is 1.61. The number of nitrogens with two attached hydrogens (primary N) is 1. The zero-order valence-corrected chi connectivity index (χ0v) is 9.88. The molecule has 0 aromatic carbocycles. The van der Waals surface area contributed by atoms with Gasteiger partial charge in [0.15, 0.2) is 17.0 Å². The average molecular weight is 230 g/mol. The standard InChI is InChI=1S/C11H14N6/c1-6-7(2)16-10-9(15-6)11(14-5-13-10)17-3-8(12)4-17/h5,8H,3-4,12H2,1-2H3. The highest BCUT2D eigenvalue weighted by atomic mass is 15.3. The molecule has 2 aromatic rings. The van der Waals surface area contributed by atoms with Crippen LogP contribution in [-0.2, 0) is 0 Å². The molecular formula is C11H14N6. The van der Waals surface area contributed by atoms with Gasteiger partial charge in [-0.3, -0.25) is 0 Å². The lowest BCUT2D eigenvalue weighted by atomic mass is 10.1. The largest absolute Gasteiger partial charge is 0.351 e. The summed E-state index contributed by atoms with van der Waals surface area (Å²) in [5.41, 5.74) is 9.02. The Labute approximate surface area is 98.9 Å². The maximum atomic E-state index is 5.78. The minimum atomic E-state index is 0.236. The van der Waals surface area contributed by atoms with Crippen molar-refractivity contribution >= 4 is 17.0 Å². The van der Waals surface area contributed by atoms with Crippen molar-refractivity contribution in [2.45, 2.75) is 19.9 Å². The van der Waals surface area contributed by atoms with Crippen LogP contribution in [0.25, 0.3) is 11.2 Å². The first kappa shape index (κ1) is 10.3. The van der Waals surface area contributed by atoms with Gasteiger partial charge in [0, 0.05) is 19.1 Å². The highest BCUT2D eigenvalue weighted by molar-refractivity contribution is 5.83. The fraction of sp³-hybridized carbons (Fsp3) is 0.455. The second-order valence-corrected chi connectivity index (χ2v) is 4.43. The minimum absolute atomic E-state index is 0.236. The van der Waals surface area contributed by atoms with Crippen LogP contribution in [0.3, 0.4) is 0 Å². The number of aromatic nitrogens is 4. The molecule has 0 radical (unpaired) electrons. The Morgan fingerprint density at radius 3 is 2.59 bits per heavy atom. The van der Waals surface area contributed by atoms with Crippen molar-refractivity contribution in [1.29, 1.82) is 0 Å². The third-order valence-corrected chi connectivity index (χ3v) is 3.07. The zero-order chi connectivity index (χ0) is 12.0. The van der Waals surface area contributed by atoms with Gasteiger partial charge in [0.25, 0.3) is 0 Å². The Morgan fingerprint density at radius 2 is 1.88 bits per heavy atom. The summed E-state index contributed by atoms with van der Waals surface area (Å²) in [7, 11) is 0. The lowest BCUT2D eigenvalue weighted by Gasteiger charge is -2.37. The number of hydrogen-bond acceptors (Lipinski definition) is 6. The Hall–Kier alpha value is -1.82. The molecule has 88 valence electrons. The summed E-state index contributed by atoms with van der Waals surface area (Å²) >= 11 is 0. The van der Waals surface area contributed by atoms with Crippen molar-refractivity contribution < 1.29 is 0 Å². The van der Waals surface area contributed by atoms with E-state index in [-0.39, 0.29) is 6.04 Å². The van der Waals surface area contributed by atoms with E-state index >= 15 is 0 Å². The van der Waals surface area contributed by atoms with Crippen molar-refractivity contribution in [2.75, 3.05) is 18.0 Å². The first-order chi connectivity index (χ1) is 8.15. The topological polar surface area (TPSA) is 80.8 Å². The van der Waals surface area contributed by atoms with Gasteiger partial charge in [-0.15, -0.1) is 0 Å². The van der Waals surface area contributed by atoms with Crippen molar-refractivity contribution in [3.63, 3.8) is 0 Å². The Morgan fingerprint density at radius 1 is 1.18 bits per heavy atom. The monoisotopic (exact) mass is 230 g/mol. The average Bonchev–Trinajstić information content (AvgIpc) is 2.26. The smallest absolute Gasteiger partial charge is 0.183 e. The van der Waals surface area contributed by atoms with Gasteiger partial charge in [-0.05, 0) is 13.8 Å². The highest BCUT2D eigenvalue weighted by Gasteiger charge is 2.26. The Bertz CT molecular complexity index is 575.